The molecule has 0 aliphatic carbocycles. The number of aryl methyl sites for hydroxylation is 1. The quantitative estimate of drug-likeness (QED) is 0.830. The Balaban J connectivity index is 2.51. The summed E-state index contributed by atoms with van der Waals surface area (Å²) in [6, 6.07) is 7.28. The second-order valence-corrected chi connectivity index (χ2v) is 4.42. The number of hydrogen-bond acceptors (Lipinski definition) is 2. The predicted molar refractivity (Wildman–Crippen MR) is 68.8 cm³/mol. The Hall–Kier alpha value is -1.99. The van der Waals surface area contributed by atoms with E-state index in [1.54, 1.807) is 18.2 Å². The van der Waals surface area contributed by atoms with Gasteiger partial charge in [-0.2, -0.15) is 5.26 Å². The maximum absolute atomic E-state index is 11.2. The summed E-state index contributed by atoms with van der Waals surface area (Å²) < 4.78 is 0. The number of hydrogen-bond donors (Lipinski definition) is 2. The fourth-order valence-electron chi connectivity index (χ4n) is 2.01. The third-order valence-electron chi connectivity index (χ3n) is 2.80. The first-order valence-electron chi connectivity index (χ1n) is 5.54. The van der Waals surface area contributed by atoms with Crippen LogP contribution in [0.4, 0.5) is 0 Å². The van der Waals surface area contributed by atoms with Crippen molar-refractivity contribution in [2.45, 2.75) is 19.3 Å². The zero-order chi connectivity index (χ0) is 13.1. The molecule has 2 N–H and O–H groups in total. The molecule has 0 aliphatic rings. The summed E-state index contributed by atoms with van der Waals surface area (Å²) in [5.74, 6) is -0.991. The number of aromatic amines is 1. The Bertz CT molecular complexity index is 640. The first-order valence-corrected chi connectivity index (χ1v) is 5.91. The number of nitrogens with zero attached hydrogens (tertiary/aromatic N) is 1. The number of carboxylic acids is 1. The van der Waals surface area contributed by atoms with E-state index in [0.29, 0.717) is 24.3 Å². The lowest BCUT2D eigenvalue weighted by Crippen LogP contribution is -2.01. The van der Waals surface area contributed by atoms with Crippen LogP contribution in [0.3, 0.4) is 0 Å². The summed E-state index contributed by atoms with van der Waals surface area (Å²) in [5.41, 5.74) is 1.66. The smallest absolute Gasteiger partial charge is 0.352 e. The molecule has 0 atom stereocenters. The van der Waals surface area contributed by atoms with E-state index in [1.807, 2.05) is 0 Å². The molecule has 2 aromatic rings. The summed E-state index contributed by atoms with van der Waals surface area (Å²) in [7, 11) is 0. The van der Waals surface area contributed by atoms with Gasteiger partial charge in [0.25, 0.3) is 0 Å². The monoisotopic (exact) mass is 262 g/mol. The number of benzene rings is 1. The lowest BCUT2D eigenvalue weighted by atomic mass is 10.0. The fourth-order valence-corrected chi connectivity index (χ4v) is 2.18. The molecule has 2 rings (SSSR count). The summed E-state index contributed by atoms with van der Waals surface area (Å²) in [4.78, 5) is 14.1. The number of fused-ring (bicyclic) bond motifs is 1. The fraction of sp³-hybridized carbons (Fsp3) is 0.231. The second-order valence-electron chi connectivity index (χ2n) is 3.99. The van der Waals surface area contributed by atoms with Crippen molar-refractivity contribution < 1.29 is 9.90 Å². The number of aromatic nitrogens is 1. The highest BCUT2D eigenvalue weighted by atomic mass is 35.5. The van der Waals surface area contributed by atoms with Crippen LogP contribution in [0, 0.1) is 11.3 Å². The van der Waals surface area contributed by atoms with Crippen molar-refractivity contribution in [3.63, 3.8) is 0 Å². The van der Waals surface area contributed by atoms with Gasteiger partial charge in [-0.25, -0.2) is 4.79 Å². The summed E-state index contributed by atoms with van der Waals surface area (Å²) in [5, 5.41) is 19.1. The molecule has 0 aliphatic heterocycles. The average molecular weight is 263 g/mol. The van der Waals surface area contributed by atoms with E-state index in [1.165, 1.54) is 0 Å². The van der Waals surface area contributed by atoms with Gasteiger partial charge in [0.05, 0.1) is 6.07 Å². The highest BCUT2D eigenvalue weighted by Crippen LogP contribution is 2.27. The number of carbonyl (C=O) groups is 1. The van der Waals surface area contributed by atoms with Crippen LogP contribution in [-0.2, 0) is 6.42 Å². The molecule has 18 heavy (non-hydrogen) atoms. The topological polar surface area (TPSA) is 76.9 Å². The van der Waals surface area contributed by atoms with Crippen LogP contribution in [0.25, 0.3) is 10.9 Å². The third-order valence-corrected chi connectivity index (χ3v) is 3.03. The number of halogens is 1. The molecule has 0 saturated heterocycles. The van der Waals surface area contributed by atoms with E-state index >= 15 is 0 Å². The van der Waals surface area contributed by atoms with Crippen LogP contribution in [0.2, 0.25) is 5.02 Å². The van der Waals surface area contributed by atoms with E-state index in [0.717, 1.165) is 16.5 Å². The van der Waals surface area contributed by atoms with Crippen LogP contribution >= 0.6 is 11.6 Å². The number of carboxylic acid groups (broad SMARTS) is 1. The maximum Gasteiger partial charge on any atom is 0.352 e. The zero-order valence-corrected chi connectivity index (χ0v) is 10.3. The molecule has 0 saturated carbocycles. The van der Waals surface area contributed by atoms with Crippen molar-refractivity contribution >= 4 is 28.5 Å². The number of rotatable bonds is 4. The van der Waals surface area contributed by atoms with E-state index in [9.17, 15) is 4.79 Å². The van der Waals surface area contributed by atoms with Crippen molar-refractivity contribution in [3.8, 4) is 6.07 Å². The van der Waals surface area contributed by atoms with E-state index in [4.69, 9.17) is 22.0 Å². The van der Waals surface area contributed by atoms with Gasteiger partial charge < -0.3 is 10.1 Å². The van der Waals surface area contributed by atoms with E-state index in [-0.39, 0.29) is 5.69 Å². The summed E-state index contributed by atoms with van der Waals surface area (Å²) >= 11 is 5.93. The lowest BCUT2D eigenvalue weighted by molar-refractivity contribution is 0.0690. The van der Waals surface area contributed by atoms with Gasteiger partial charge in [-0.1, -0.05) is 11.6 Å². The second kappa shape index (κ2) is 5.11. The Labute approximate surface area is 109 Å². The number of aromatic carboxylic acids is 1. The first-order chi connectivity index (χ1) is 8.63. The highest BCUT2D eigenvalue weighted by molar-refractivity contribution is 6.31. The number of nitriles is 1. The van der Waals surface area contributed by atoms with Gasteiger partial charge in [0.2, 0.25) is 0 Å². The molecule has 0 fully saturated rings. The molecule has 0 radical (unpaired) electrons. The summed E-state index contributed by atoms with van der Waals surface area (Å²) in [6.07, 6.45) is 1.60. The minimum Gasteiger partial charge on any atom is -0.477 e. The van der Waals surface area contributed by atoms with Crippen LogP contribution in [-0.4, -0.2) is 16.1 Å². The Kier molecular flexibility index (Phi) is 3.54. The van der Waals surface area contributed by atoms with E-state index in [2.05, 4.69) is 11.1 Å². The van der Waals surface area contributed by atoms with Gasteiger partial charge in [-0.15, -0.1) is 0 Å². The minimum absolute atomic E-state index is 0.185. The van der Waals surface area contributed by atoms with Gasteiger partial charge >= 0.3 is 5.97 Å². The van der Waals surface area contributed by atoms with E-state index < -0.39 is 5.97 Å². The number of nitrogens with one attached hydrogen (secondary N) is 1. The largest absolute Gasteiger partial charge is 0.477 e. The van der Waals surface area contributed by atoms with Crippen LogP contribution in [0.15, 0.2) is 18.2 Å². The third kappa shape index (κ3) is 2.31. The van der Waals surface area contributed by atoms with Crippen molar-refractivity contribution in [3.05, 3.63) is 34.5 Å². The summed E-state index contributed by atoms with van der Waals surface area (Å²) in [6.45, 7) is 0. The molecule has 0 unspecified atom stereocenters. The first kappa shape index (κ1) is 12.5. The molecule has 1 aromatic heterocycles. The zero-order valence-electron chi connectivity index (χ0n) is 9.53. The molecular formula is C13H11ClN2O2. The Morgan fingerprint density at radius 3 is 2.94 bits per heavy atom. The van der Waals surface area contributed by atoms with Gasteiger partial charge in [0, 0.05) is 22.3 Å². The predicted octanol–water partition coefficient (Wildman–Crippen LogP) is 3.37. The van der Waals surface area contributed by atoms with Crippen molar-refractivity contribution in [2.75, 3.05) is 0 Å². The normalized spacial score (nSPS) is 10.4. The molecule has 1 aromatic carbocycles. The molecule has 0 spiro atoms. The van der Waals surface area contributed by atoms with Gasteiger partial charge in [0.15, 0.2) is 0 Å². The SMILES string of the molecule is N#CCCCc1c(C(=O)O)[nH]c2ccc(Cl)cc12. The number of unbranched alkanes of at least 4 members (excludes halogenated alkanes) is 1. The van der Waals surface area contributed by atoms with Gasteiger partial charge in [-0.3, -0.25) is 0 Å². The Morgan fingerprint density at radius 1 is 1.50 bits per heavy atom. The molecule has 92 valence electrons. The van der Waals surface area contributed by atoms with Crippen molar-refractivity contribution in [1.29, 1.82) is 5.26 Å². The molecular weight excluding hydrogens is 252 g/mol. The standard InChI is InChI=1S/C13H11ClN2O2/c14-8-4-5-11-10(7-8)9(3-1-2-6-15)12(16-11)13(17)18/h4-5,7,16H,1-3H2,(H,17,18). The number of H-pyrrole nitrogens is 1. The van der Waals surface area contributed by atoms with Gasteiger partial charge in [-0.05, 0) is 36.6 Å². The van der Waals surface area contributed by atoms with Crippen molar-refractivity contribution in [1.82, 2.24) is 4.98 Å². The maximum atomic E-state index is 11.2. The average Bonchev–Trinajstić information content (AvgIpc) is 2.68. The molecule has 5 heteroatoms. The van der Waals surface area contributed by atoms with Crippen LogP contribution in [0.1, 0.15) is 28.9 Å². The molecule has 1 heterocycles. The molecule has 0 amide bonds. The molecule has 4 nitrogen and oxygen atoms in total. The van der Waals surface area contributed by atoms with Crippen LogP contribution in [0.5, 0.6) is 0 Å². The Morgan fingerprint density at radius 2 is 2.28 bits per heavy atom. The van der Waals surface area contributed by atoms with Crippen molar-refractivity contribution in [2.24, 2.45) is 0 Å². The lowest BCUT2D eigenvalue weighted by Gasteiger charge is -1.99. The van der Waals surface area contributed by atoms with Crippen LogP contribution < -0.4 is 0 Å². The minimum atomic E-state index is -0.991. The van der Waals surface area contributed by atoms with Gasteiger partial charge in [0.1, 0.15) is 5.69 Å². The highest BCUT2D eigenvalue weighted by Gasteiger charge is 2.16. The molecule has 0 bridgehead atoms.